The van der Waals surface area contributed by atoms with Crippen molar-refractivity contribution in [3.63, 3.8) is 0 Å². The van der Waals surface area contributed by atoms with E-state index < -0.39 is 94.2 Å². The van der Waals surface area contributed by atoms with Gasteiger partial charge in [0.15, 0.2) is 0 Å². The lowest BCUT2D eigenvalue weighted by Crippen LogP contribution is -2.73. The van der Waals surface area contributed by atoms with Crippen LogP contribution >= 0.6 is 0 Å². The summed E-state index contributed by atoms with van der Waals surface area (Å²) in [5, 5.41) is 13.2. The number of rotatable bonds is 4. The molecule has 0 amide bonds. The Morgan fingerprint density at radius 1 is 1.04 bits per heavy atom. The van der Waals surface area contributed by atoms with E-state index in [9.17, 15) is 24.3 Å². The van der Waals surface area contributed by atoms with Gasteiger partial charge in [0, 0.05) is 42.7 Å². The maximum absolute atomic E-state index is 13.6. The summed E-state index contributed by atoms with van der Waals surface area (Å²) in [5.74, 6) is -3.45. The van der Waals surface area contributed by atoms with Crippen LogP contribution in [-0.4, -0.2) is 93.6 Å². The lowest BCUT2D eigenvalue weighted by molar-refractivity contribution is -0.274. The molecule has 0 radical (unpaired) electrons. The zero-order valence-electron chi connectivity index (χ0n) is 27.9. The van der Waals surface area contributed by atoms with Crippen LogP contribution in [0.5, 0.6) is 0 Å². The highest BCUT2D eigenvalue weighted by Crippen LogP contribution is 2.77. The Hall–Kier alpha value is -2.80. The fraction of sp³-hybridized carbons (Fsp3) is 0.771. The maximum atomic E-state index is 13.6. The van der Waals surface area contributed by atoms with E-state index in [2.05, 4.69) is 6.92 Å². The molecule has 0 aromatic heterocycles. The summed E-state index contributed by atoms with van der Waals surface area (Å²) in [6.07, 6.45) is 0.169. The molecule has 0 bridgehead atoms. The van der Waals surface area contributed by atoms with Gasteiger partial charge in [-0.25, -0.2) is 9.59 Å². The number of allylic oxidation sites excluding steroid dienone is 1. The lowest BCUT2D eigenvalue weighted by atomic mass is 9.55. The van der Waals surface area contributed by atoms with Crippen molar-refractivity contribution < 1.29 is 57.4 Å². The third-order valence-electron chi connectivity index (χ3n) is 13.1. The second-order valence-corrected chi connectivity index (χ2v) is 15.8. The molecular weight excluding hydrogens is 612 g/mol. The van der Waals surface area contributed by atoms with Crippen molar-refractivity contribution in [3.05, 3.63) is 23.3 Å². The second-order valence-electron chi connectivity index (χ2n) is 15.8. The third kappa shape index (κ3) is 3.90. The predicted octanol–water partition coefficient (Wildman–Crippen LogP) is 2.62. The highest BCUT2D eigenvalue weighted by Gasteiger charge is 2.92. The summed E-state index contributed by atoms with van der Waals surface area (Å²) in [7, 11) is 0. The van der Waals surface area contributed by atoms with Crippen LogP contribution in [-0.2, 0) is 52.3 Å². The van der Waals surface area contributed by atoms with E-state index in [-0.39, 0.29) is 43.6 Å². The van der Waals surface area contributed by atoms with Crippen LogP contribution in [0, 0.1) is 23.7 Å². The second kappa shape index (κ2) is 9.67. The average molecular weight is 657 g/mol. The van der Waals surface area contributed by atoms with Gasteiger partial charge in [-0.2, -0.15) is 0 Å². The number of carbonyl (C=O) groups excluding carboxylic acids is 4. The Labute approximate surface area is 273 Å². The van der Waals surface area contributed by atoms with Crippen LogP contribution in [0.3, 0.4) is 0 Å². The van der Waals surface area contributed by atoms with E-state index in [4.69, 9.17) is 33.2 Å². The Kier molecular flexibility index (Phi) is 6.47. The maximum Gasteiger partial charge on any atom is 0.334 e. The normalized spacial score (nSPS) is 51.7. The predicted molar refractivity (Wildman–Crippen MR) is 159 cm³/mol. The number of esters is 4. The molecule has 14 atom stereocenters. The van der Waals surface area contributed by atoms with Gasteiger partial charge in [0.05, 0.1) is 29.6 Å². The van der Waals surface area contributed by atoms with Crippen molar-refractivity contribution in [2.75, 3.05) is 0 Å². The molecule has 12 nitrogen and oxygen atoms in total. The highest BCUT2D eigenvalue weighted by molar-refractivity contribution is 5.90. The standard InChI is InChI=1S/C35H44O12/c1-8-15(2)29(38)43-21-11-22-31(6,7)44-23-12-26(37)46-33(22,23)14-32(40)13-25(41-18(5)36)34-19(10-24-35(34,45-24)28(21)32)17(4)27(47-34)20-9-16(3)30(39)42-20/h8-9,17,19-25,27-28,40H,10-14H2,1-7H3/b15-8-/t17-,19-,20+,21-,22+,23-,24+,25+,27-,28-,32+,33-,34-,35-/m1/s1. The summed E-state index contributed by atoms with van der Waals surface area (Å²) in [5.41, 5.74) is -5.18. The van der Waals surface area contributed by atoms with Gasteiger partial charge >= 0.3 is 23.9 Å². The average Bonchev–Trinajstić information content (AvgIpc) is 3.13. The van der Waals surface area contributed by atoms with Crippen LogP contribution in [0.15, 0.2) is 23.3 Å². The van der Waals surface area contributed by atoms with Crippen molar-refractivity contribution in [1.29, 1.82) is 0 Å². The van der Waals surface area contributed by atoms with Crippen molar-refractivity contribution in [2.45, 2.75) is 145 Å². The Morgan fingerprint density at radius 3 is 2.45 bits per heavy atom. The first-order valence-electron chi connectivity index (χ1n) is 16.9. The molecule has 0 aromatic rings. The molecule has 4 saturated heterocycles. The number of cyclic esters (lactones) is 1. The summed E-state index contributed by atoms with van der Waals surface area (Å²) >= 11 is 0. The number of ether oxygens (including phenoxy) is 7. The number of fused-ring (bicyclic) bond motifs is 1. The minimum absolute atomic E-state index is 0.0106. The largest absolute Gasteiger partial charge is 0.459 e. The zero-order valence-corrected chi connectivity index (χ0v) is 27.9. The van der Waals surface area contributed by atoms with Crippen molar-refractivity contribution in [1.82, 2.24) is 0 Å². The number of epoxide rings is 1. The monoisotopic (exact) mass is 656 g/mol. The number of aliphatic hydroxyl groups is 1. The number of hydrogen-bond acceptors (Lipinski definition) is 12. The highest BCUT2D eigenvalue weighted by atomic mass is 16.7. The lowest BCUT2D eigenvalue weighted by Gasteiger charge is -2.56. The first-order valence-corrected chi connectivity index (χ1v) is 16.9. The molecule has 47 heavy (non-hydrogen) atoms. The Morgan fingerprint density at radius 2 is 1.79 bits per heavy atom. The minimum Gasteiger partial charge on any atom is -0.459 e. The quantitative estimate of drug-likeness (QED) is 0.205. The third-order valence-corrected chi connectivity index (χ3v) is 13.1. The van der Waals surface area contributed by atoms with E-state index in [0.717, 1.165) is 0 Å². The van der Waals surface area contributed by atoms with Gasteiger partial charge in [0.25, 0.3) is 0 Å². The number of carbonyl (C=O) groups is 4. The zero-order chi connectivity index (χ0) is 33.6. The van der Waals surface area contributed by atoms with Gasteiger partial charge in [-0.15, -0.1) is 0 Å². The van der Waals surface area contributed by atoms with Crippen molar-refractivity contribution in [2.24, 2.45) is 23.7 Å². The van der Waals surface area contributed by atoms with Gasteiger partial charge in [-0.1, -0.05) is 13.0 Å². The van der Waals surface area contributed by atoms with Gasteiger partial charge in [0.1, 0.15) is 47.3 Å². The molecule has 5 aliphatic heterocycles. The molecule has 0 aromatic carbocycles. The van der Waals surface area contributed by atoms with E-state index in [0.29, 0.717) is 17.6 Å². The number of hydrogen-bond donors (Lipinski definition) is 1. The molecule has 1 N–H and O–H groups in total. The van der Waals surface area contributed by atoms with Crippen molar-refractivity contribution in [3.8, 4) is 0 Å². The molecular formula is C35H44O12. The van der Waals surface area contributed by atoms with E-state index in [1.165, 1.54) is 6.92 Å². The van der Waals surface area contributed by atoms with Gasteiger partial charge in [-0.3, -0.25) is 9.59 Å². The Bertz CT molecular complexity index is 1530. The molecule has 256 valence electrons. The molecule has 3 aliphatic carbocycles. The molecule has 0 unspecified atom stereocenters. The van der Waals surface area contributed by atoms with E-state index in [1.807, 2.05) is 13.8 Å². The van der Waals surface area contributed by atoms with Gasteiger partial charge < -0.3 is 38.3 Å². The van der Waals surface area contributed by atoms with Crippen LogP contribution < -0.4 is 0 Å². The van der Waals surface area contributed by atoms with E-state index >= 15 is 0 Å². The molecule has 3 saturated carbocycles. The van der Waals surface area contributed by atoms with Crippen LogP contribution in [0.1, 0.15) is 80.6 Å². The Balaban J connectivity index is 1.29. The summed E-state index contributed by atoms with van der Waals surface area (Å²) in [4.78, 5) is 51.7. The van der Waals surface area contributed by atoms with Crippen LogP contribution in [0.2, 0.25) is 0 Å². The van der Waals surface area contributed by atoms with E-state index in [1.54, 1.807) is 32.9 Å². The van der Waals surface area contributed by atoms with Crippen LogP contribution in [0.4, 0.5) is 0 Å². The molecule has 8 aliphatic rings. The van der Waals surface area contributed by atoms with Crippen LogP contribution in [0.25, 0.3) is 0 Å². The summed E-state index contributed by atoms with van der Waals surface area (Å²) in [6, 6.07) is 0. The molecule has 7 fully saturated rings. The first kappa shape index (κ1) is 31.5. The molecule has 12 heteroatoms. The van der Waals surface area contributed by atoms with Gasteiger partial charge in [-0.05, 0) is 59.5 Å². The molecule has 5 heterocycles. The SMILES string of the molecule is C/C=C(/C)C(=O)O[C@@H]1C[C@H]2C(C)(C)O[C@@H]3CC(=O)O[C@@]32C[C@@]2(O)C[C@H](OC(C)=O)[C@]34O[C@@H]([C@@H]5C=C(C)C(=O)O5)[C@H](C)[C@H]3C[C@@H]3O[C@@]34[C@H]12. The first-order chi connectivity index (χ1) is 22.0. The fourth-order valence-corrected chi connectivity index (χ4v) is 11.3. The van der Waals surface area contributed by atoms with Gasteiger partial charge in [0.2, 0.25) is 0 Å². The minimum atomic E-state index is -1.69. The summed E-state index contributed by atoms with van der Waals surface area (Å²) in [6.45, 7) is 12.4. The molecule has 8 rings (SSSR count). The summed E-state index contributed by atoms with van der Waals surface area (Å²) < 4.78 is 44.8. The topological polar surface area (TPSA) is 156 Å². The van der Waals surface area contributed by atoms with Crippen molar-refractivity contribution >= 4 is 23.9 Å². The molecule has 3 spiro atoms. The fourth-order valence-electron chi connectivity index (χ4n) is 11.3. The smallest absolute Gasteiger partial charge is 0.334 e.